The monoisotopic (exact) mass is 354 g/mol. The molecule has 2 rings (SSSR count). The molecule has 1 N–H and O–H groups in total. The molecule has 1 amide bonds. The first-order chi connectivity index (χ1) is 12.4. The van der Waals surface area contributed by atoms with Crippen molar-refractivity contribution in [2.75, 3.05) is 30.9 Å². The highest BCUT2D eigenvalue weighted by atomic mass is 16.5. The zero-order valence-corrected chi connectivity index (χ0v) is 16.6. The van der Waals surface area contributed by atoms with Gasteiger partial charge in [0.2, 0.25) is 5.91 Å². The first-order valence-corrected chi connectivity index (χ1v) is 9.14. The maximum Gasteiger partial charge on any atom is 0.224 e. The van der Waals surface area contributed by atoms with Crippen LogP contribution in [-0.4, -0.2) is 26.6 Å². The molecule has 0 radical (unpaired) electrons. The maximum absolute atomic E-state index is 12.2. The minimum atomic E-state index is 0.0532. The number of amides is 1. The smallest absolute Gasteiger partial charge is 0.224 e. The molecular weight excluding hydrogens is 324 g/mol. The summed E-state index contributed by atoms with van der Waals surface area (Å²) >= 11 is 0. The summed E-state index contributed by atoms with van der Waals surface area (Å²) in [5.74, 6) is 0.989. The van der Waals surface area contributed by atoms with Crippen LogP contribution >= 0.6 is 0 Å². The van der Waals surface area contributed by atoms with Gasteiger partial charge in [-0.25, -0.2) is 0 Å². The van der Waals surface area contributed by atoms with Crippen molar-refractivity contribution in [3.8, 4) is 5.75 Å². The van der Waals surface area contributed by atoms with Crippen LogP contribution in [0.5, 0.6) is 5.75 Å². The van der Waals surface area contributed by atoms with E-state index < -0.39 is 0 Å². The van der Waals surface area contributed by atoms with Crippen molar-refractivity contribution < 1.29 is 9.53 Å². The van der Waals surface area contributed by atoms with Crippen LogP contribution in [0, 0.1) is 20.8 Å². The lowest BCUT2D eigenvalue weighted by atomic mass is 10.1. The summed E-state index contributed by atoms with van der Waals surface area (Å²) in [6.07, 6.45) is 2.18. The van der Waals surface area contributed by atoms with Crippen LogP contribution in [0.3, 0.4) is 0 Å². The molecule has 0 unspecified atom stereocenters. The number of nitrogens with one attached hydrogen (secondary N) is 1. The topological polar surface area (TPSA) is 41.6 Å². The van der Waals surface area contributed by atoms with E-state index in [1.165, 1.54) is 5.56 Å². The quantitative estimate of drug-likeness (QED) is 0.688. The Morgan fingerprint density at radius 2 is 1.77 bits per heavy atom. The molecule has 0 aromatic heterocycles. The van der Waals surface area contributed by atoms with Crippen LogP contribution in [-0.2, 0) is 4.79 Å². The van der Waals surface area contributed by atoms with Crippen molar-refractivity contribution in [2.24, 2.45) is 0 Å². The van der Waals surface area contributed by atoms with Gasteiger partial charge in [0, 0.05) is 31.9 Å². The minimum absolute atomic E-state index is 0.0532. The Morgan fingerprint density at radius 1 is 1.00 bits per heavy atom. The number of benzene rings is 2. The van der Waals surface area contributed by atoms with E-state index in [1.807, 2.05) is 40.1 Å². The van der Waals surface area contributed by atoms with Gasteiger partial charge in [0.15, 0.2) is 0 Å². The van der Waals surface area contributed by atoms with E-state index in [4.69, 9.17) is 4.74 Å². The molecule has 0 saturated heterocycles. The average molecular weight is 354 g/mol. The van der Waals surface area contributed by atoms with Crippen molar-refractivity contribution >= 4 is 17.3 Å². The highest BCUT2D eigenvalue weighted by Crippen LogP contribution is 2.22. The van der Waals surface area contributed by atoms with Crippen LogP contribution in [0.4, 0.5) is 11.4 Å². The second kappa shape index (κ2) is 9.27. The largest absolute Gasteiger partial charge is 0.493 e. The van der Waals surface area contributed by atoms with Crippen molar-refractivity contribution in [1.82, 2.24) is 0 Å². The molecule has 4 heteroatoms. The Labute approximate surface area is 157 Å². The van der Waals surface area contributed by atoms with Gasteiger partial charge in [0.25, 0.3) is 0 Å². The van der Waals surface area contributed by atoms with Crippen molar-refractivity contribution in [1.29, 1.82) is 0 Å². The fourth-order valence-electron chi connectivity index (χ4n) is 2.71. The summed E-state index contributed by atoms with van der Waals surface area (Å²) in [5, 5.41) is 3.00. The number of carbonyl (C=O) groups excluding carboxylic acids is 1. The van der Waals surface area contributed by atoms with Crippen molar-refractivity contribution in [3.05, 3.63) is 53.1 Å². The van der Waals surface area contributed by atoms with E-state index in [1.54, 1.807) is 0 Å². The van der Waals surface area contributed by atoms with Gasteiger partial charge >= 0.3 is 0 Å². The molecule has 0 saturated carbocycles. The molecule has 2 aromatic rings. The van der Waals surface area contributed by atoms with Crippen LogP contribution < -0.4 is 15.0 Å². The van der Waals surface area contributed by atoms with Crippen molar-refractivity contribution in [3.63, 3.8) is 0 Å². The van der Waals surface area contributed by atoms with Crippen LogP contribution in [0.1, 0.15) is 36.0 Å². The van der Waals surface area contributed by atoms with Gasteiger partial charge in [0.1, 0.15) is 5.75 Å². The Balaban J connectivity index is 1.73. The third-order valence-corrected chi connectivity index (χ3v) is 4.40. The first-order valence-electron chi connectivity index (χ1n) is 9.14. The number of unbranched alkanes of at least 4 members (excludes halogenated alkanes) is 1. The van der Waals surface area contributed by atoms with E-state index in [0.717, 1.165) is 41.1 Å². The Bertz CT molecular complexity index is 754. The third kappa shape index (κ3) is 5.80. The zero-order valence-electron chi connectivity index (χ0n) is 16.6. The maximum atomic E-state index is 12.2. The molecule has 0 heterocycles. The number of hydrogen-bond donors (Lipinski definition) is 1. The van der Waals surface area contributed by atoms with E-state index >= 15 is 0 Å². The van der Waals surface area contributed by atoms with Gasteiger partial charge in [-0.2, -0.15) is 0 Å². The number of ether oxygens (including phenoxy) is 1. The second-order valence-corrected chi connectivity index (χ2v) is 7.02. The van der Waals surface area contributed by atoms with Crippen molar-refractivity contribution in [2.45, 2.75) is 40.0 Å². The third-order valence-electron chi connectivity index (χ3n) is 4.40. The Morgan fingerprint density at radius 3 is 2.46 bits per heavy atom. The fourth-order valence-corrected chi connectivity index (χ4v) is 2.71. The van der Waals surface area contributed by atoms with E-state index in [9.17, 15) is 4.79 Å². The van der Waals surface area contributed by atoms with Crippen LogP contribution in [0.2, 0.25) is 0 Å². The zero-order chi connectivity index (χ0) is 19.1. The number of rotatable bonds is 8. The van der Waals surface area contributed by atoms with Gasteiger partial charge < -0.3 is 15.0 Å². The predicted octanol–water partition coefficient (Wildman–Crippen LogP) is 4.87. The molecule has 0 bridgehead atoms. The first kappa shape index (κ1) is 19.8. The SMILES string of the molecule is Cc1ccc(C)c(OCCCCC(=O)Nc2ccc(N(C)C)cc2C)c1. The molecule has 140 valence electrons. The summed E-state index contributed by atoms with van der Waals surface area (Å²) in [4.78, 5) is 14.2. The fraction of sp³-hybridized carbons (Fsp3) is 0.409. The highest BCUT2D eigenvalue weighted by molar-refractivity contribution is 5.91. The molecule has 0 aliphatic heterocycles. The van der Waals surface area contributed by atoms with Gasteiger partial charge in [-0.15, -0.1) is 0 Å². The lowest BCUT2D eigenvalue weighted by Crippen LogP contribution is -2.13. The highest BCUT2D eigenvalue weighted by Gasteiger charge is 2.07. The average Bonchev–Trinajstić information content (AvgIpc) is 2.59. The molecule has 0 spiro atoms. The van der Waals surface area contributed by atoms with Crippen LogP contribution in [0.15, 0.2) is 36.4 Å². The minimum Gasteiger partial charge on any atom is -0.493 e. The van der Waals surface area contributed by atoms with Gasteiger partial charge in [-0.1, -0.05) is 12.1 Å². The van der Waals surface area contributed by atoms with Gasteiger partial charge in [-0.05, 0) is 74.6 Å². The lowest BCUT2D eigenvalue weighted by molar-refractivity contribution is -0.116. The van der Waals surface area contributed by atoms with Gasteiger partial charge in [0.05, 0.1) is 6.61 Å². The van der Waals surface area contributed by atoms with E-state index in [0.29, 0.717) is 13.0 Å². The molecule has 0 atom stereocenters. The number of hydrogen-bond acceptors (Lipinski definition) is 3. The van der Waals surface area contributed by atoms with Crippen LogP contribution in [0.25, 0.3) is 0 Å². The number of nitrogens with zero attached hydrogens (tertiary/aromatic N) is 1. The summed E-state index contributed by atoms with van der Waals surface area (Å²) in [6, 6.07) is 12.3. The molecule has 0 fully saturated rings. The number of carbonyl (C=O) groups is 1. The summed E-state index contributed by atoms with van der Waals surface area (Å²) < 4.78 is 5.84. The molecule has 0 aliphatic rings. The molecule has 4 nitrogen and oxygen atoms in total. The van der Waals surface area contributed by atoms with E-state index in [-0.39, 0.29) is 5.91 Å². The number of aryl methyl sites for hydroxylation is 3. The summed E-state index contributed by atoms with van der Waals surface area (Å²) in [5.41, 5.74) is 5.42. The molecule has 26 heavy (non-hydrogen) atoms. The summed E-state index contributed by atoms with van der Waals surface area (Å²) in [7, 11) is 4.01. The number of anilines is 2. The Kier molecular flexibility index (Phi) is 7.07. The lowest BCUT2D eigenvalue weighted by Gasteiger charge is -2.15. The normalized spacial score (nSPS) is 10.5. The molecule has 0 aliphatic carbocycles. The molecular formula is C22H30N2O2. The standard InChI is InChI=1S/C22H30N2O2/c1-16-9-10-17(2)21(14-16)26-13-7-6-8-22(25)23-20-12-11-19(24(4)5)15-18(20)3/h9-12,14-15H,6-8,13H2,1-5H3,(H,23,25). The summed E-state index contributed by atoms with van der Waals surface area (Å²) in [6.45, 7) is 6.75. The van der Waals surface area contributed by atoms with E-state index in [2.05, 4.69) is 41.4 Å². The molecule has 2 aromatic carbocycles. The second-order valence-electron chi connectivity index (χ2n) is 7.02. The van der Waals surface area contributed by atoms with Gasteiger partial charge in [-0.3, -0.25) is 4.79 Å². The Hall–Kier alpha value is -2.49. The predicted molar refractivity (Wildman–Crippen MR) is 109 cm³/mol.